The van der Waals surface area contributed by atoms with Gasteiger partial charge in [-0.2, -0.15) is 0 Å². The number of carbonyl (C=O) groups is 1. The SMILES string of the molecule is O=C(O)c1cnccc1Nc1cc(-c2cc(Cl)ccc2F)nc2c1OCCN2. The first kappa shape index (κ1) is 18.0. The Hall–Kier alpha value is -3.39. The summed E-state index contributed by atoms with van der Waals surface area (Å²) >= 11 is 6.01. The number of anilines is 3. The molecule has 0 amide bonds. The maximum Gasteiger partial charge on any atom is 0.339 e. The van der Waals surface area contributed by atoms with Gasteiger partial charge in [-0.1, -0.05) is 11.6 Å². The minimum Gasteiger partial charge on any atom is -0.486 e. The van der Waals surface area contributed by atoms with Gasteiger partial charge in [-0.3, -0.25) is 4.98 Å². The smallest absolute Gasteiger partial charge is 0.339 e. The molecule has 9 heteroatoms. The first-order chi connectivity index (χ1) is 13.5. The number of rotatable bonds is 4. The zero-order valence-corrected chi connectivity index (χ0v) is 15.1. The molecule has 4 rings (SSSR count). The zero-order valence-electron chi connectivity index (χ0n) is 14.4. The van der Waals surface area contributed by atoms with Gasteiger partial charge in [-0.15, -0.1) is 0 Å². The van der Waals surface area contributed by atoms with Crippen molar-refractivity contribution in [2.24, 2.45) is 0 Å². The molecule has 142 valence electrons. The third kappa shape index (κ3) is 3.41. The lowest BCUT2D eigenvalue weighted by Gasteiger charge is -2.23. The maximum absolute atomic E-state index is 14.4. The van der Waals surface area contributed by atoms with Crippen molar-refractivity contribution in [2.75, 3.05) is 23.8 Å². The summed E-state index contributed by atoms with van der Waals surface area (Å²) < 4.78 is 20.1. The topological polar surface area (TPSA) is 96.4 Å². The number of hydrogen-bond acceptors (Lipinski definition) is 6. The predicted octanol–water partition coefficient (Wildman–Crippen LogP) is 4.18. The van der Waals surface area contributed by atoms with E-state index in [0.29, 0.717) is 46.8 Å². The Balaban J connectivity index is 1.85. The van der Waals surface area contributed by atoms with E-state index in [2.05, 4.69) is 20.6 Å². The van der Waals surface area contributed by atoms with Crippen LogP contribution in [-0.4, -0.2) is 34.2 Å². The van der Waals surface area contributed by atoms with E-state index in [-0.39, 0.29) is 11.1 Å². The van der Waals surface area contributed by atoms with Gasteiger partial charge in [0, 0.05) is 23.0 Å². The molecule has 2 aromatic heterocycles. The van der Waals surface area contributed by atoms with Crippen LogP contribution in [0.1, 0.15) is 10.4 Å². The number of benzene rings is 1. The zero-order chi connectivity index (χ0) is 19.7. The number of carboxylic acid groups (broad SMARTS) is 1. The second-order valence-corrected chi connectivity index (χ2v) is 6.42. The van der Waals surface area contributed by atoms with Crippen LogP contribution in [0.15, 0.2) is 42.7 Å². The minimum absolute atomic E-state index is 0.00711. The lowest BCUT2D eigenvalue weighted by atomic mass is 10.1. The van der Waals surface area contributed by atoms with Crippen LogP contribution in [0.2, 0.25) is 5.02 Å². The summed E-state index contributed by atoms with van der Waals surface area (Å²) in [7, 11) is 0. The van der Waals surface area contributed by atoms with Gasteiger partial charge in [0.05, 0.1) is 23.6 Å². The lowest BCUT2D eigenvalue weighted by Crippen LogP contribution is -2.20. The van der Waals surface area contributed by atoms with Crippen LogP contribution in [-0.2, 0) is 0 Å². The summed E-state index contributed by atoms with van der Waals surface area (Å²) in [4.78, 5) is 19.8. The molecule has 0 spiro atoms. The normalized spacial score (nSPS) is 12.5. The van der Waals surface area contributed by atoms with Crippen LogP contribution in [0.4, 0.5) is 21.6 Å². The van der Waals surface area contributed by atoms with Gasteiger partial charge < -0.3 is 20.5 Å². The van der Waals surface area contributed by atoms with Gasteiger partial charge in [0.25, 0.3) is 0 Å². The summed E-state index contributed by atoms with van der Waals surface area (Å²) in [5, 5.41) is 15.9. The summed E-state index contributed by atoms with van der Waals surface area (Å²) in [6.07, 6.45) is 2.72. The molecule has 1 aliphatic heterocycles. The van der Waals surface area contributed by atoms with Crippen molar-refractivity contribution >= 4 is 34.8 Å². The van der Waals surface area contributed by atoms with Crippen LogP contribution in [0.25, 0.3) is 11.3 Å². The van der Waals surface area contributed by atoms with Gasteiger partial charge in [0.1, 0.15) is 18.0 Å². The number of ether oxygens (including phenoxy) is 1. The van der Waals surface area contributed by atoms with E-state index in [0.717, 1.165) is 0 Å². The highest BCUT2D eigenvalue weighted by molar-refractivity contribution is 6.30. The van der Waals surface area contributed by atoms with Gasteiger partial charge in [-0.05, 0) is 30.3 Å². The predicted molar refractivity (Wildman–Crippen MR) is 103 cm³/mol. The summed E-state index contributed by atoms with van der Waals surface area (Å²) in [6, 6.07) is 7.32. The highest BCUT2D eigenvalue weighted by Gasteiger charge is 2.21. The van der Waals surface area contributed by atoms with Crippen LogP contribution in [0.3, 0.4) is 0 Å². The van der Waals surface area contributed by atoms with E-state index >= 15 is 0 Å². The molecule has 0 saturated carbocycles. The molecular formula is C19H14ClFN4O3. The molecule has 3 heterocycles. The molecule has 1 aromatic carbocycles. The molecule has 3 N–H and O–H groups in total. The van der Waals surface area contributed by atoms with Gasteiger partial charge in [-0.25, -0.2) is 14.2 Å². The monoisotopic (exact) mass is 400 g/mol. The fourth-order valence-corrected chi connectivity index (χ4v) is 3.04. The van der Waals surface area contributed by atoms with Crippen molar-refractivity contribution < 1.29 is 19.0 Å². The molecule has 0 saturated heterocycles. The largest absolute Gasteiger partial charge is 0.486 e. The van der Waals surface area contributed by atoms with E-state index in [9.17, 15) is 14.3 Å². The molecule has 28 heavy (non-hydrogen) atoms. The van der Waals surface area contributed by atoms with Crippen molar-refractivity contribution in [3.63, 3.8) is 0 Å². The average Bonchev–Trinajstić information content (AvgIpc) is 2.70. The highest BCUT2D eigenvalue weighted by Crippen LogP contribution is 2.40. The number of carboxylic acids is 1. The lowest BCUT2D eigenvalue weighted by molar-refractivity contribution is 0.0697. The Labute approximate surface area is 164 Å². The molecular weight excluding hydrogens is 387 g/mol. The molecule has 7 nitrogen and oxygen atoms in total. The number of fused-ring (bicyclic) bond motifs is 1. The van der Waals surface area contributed by atoms with Crippen molar-refractivity contribution in [1.82, 2.24) is 9.97 Å². The number of aromatic carboxylic acids is 1. The van der Waals surface area contributed by atoms with E-state index < -0.39 is 11.8 Å². The Morgan fingerprint density at radius 2 is 2.14 bits per heavy atom. The number of pyridine rings is 2. The molecule has 0 aliphatic carbocycles. The summed E-state index contributed by atoms with van der Waals surface area (Å²) in [5.41, 5.74) is 1.30. The van der Waals surface area contributed by atoms with Crippen molar-refractivity contribution in [3.8, 4) is 17.0 Å². The van der Waals surface area contributed by atoms with Gasteiger partial charge >= 0.3 is 5.97 Å². The standard InChI is InChI=1S/C19H14ClFN4O3/c20-10-1-2-13(21)11(7-10)15-8-16(17-18(25-15)23-5-6-28-17)24-14-3-4-22-9-12(14)19(26)27/h1-4,7-9H,5-6H2,(H,26,27)(H2,22,23,24,25). The van der Waals surface area contributed by atoms with E-state index in [1.807, 2.05) is 0 Å². The Kier molecular flexibility index (Phi) is 4.70. The Morgan fingerprint density at radius 1 is 1.29 bits per heavy atom. The van der Waals surface area contributed by atoms with E-state index in [1.165, 1.54) is 36.7 Å². The first-order valence-electron chi connectivity index (χ1n) is 8.34. The van der Waals surface area contributed by atoms with Crippen LogP contribution >= 0.6 is 11.6 Å². The number of hydrogen-bond donors (Lipinski definition) is 3. The second-order valence-electron chi connectivity index (χ2n) is 5.98. The summed E-state index contributed by atoms with van der Waals surface area (Å²) in [6.45, 7) is 0.951. The Morgan fingerprint density at radius 3 is 2.96 bits per heavy atom. The first-order valence-corrected chi connectivity index (χ1v) is 8.72. The molecule has 0 bridgehead atoms. The molecule has 1 aliphatic rings. The molecule has 0 unspecified atom stereocenters. The van der Waals surface area contributed by atoms with E-state index in [1.54, 1.807) is 6.07 Å². The average molecular weight is 401 g/mol. The molecule has 0 radical (unpaired) electrons. The molecule has 0 atom stereocenters. The third-order valence-electron chi connectivity index (χ3n) is 4.14. The fraction of sp³-hybridized carbons (Fsp3) is 0.105. The Bertz CT molecular complexity index is 1080. The van der Waals surface area contributed by atoms with Crippen LogP contribution in [0, 0.1) is 5.82 Å². The van der Waals surface area contributed by atoms with Gasteiger partial charge in [0.15, 0.2) is 11.6 Å². The number of aromatic nitrogens is 2. The van der Waals surface area contributed by atoms with Crippen LogP contribution in [0.5, 0.6) is 5.75 Å². The van der Waals surface area contributed by atoms with Crippen molar-refractivity contribution in [1.29, 1.82) is 0 Å². The van der Waals surface area contributed by atoms with Gasteiger partial charge in [0.2, 0.25) is 0 Å². The fourth-order valence-electron chi connectivity index (χ4n) is 2.87. The highest BCUT2D eigenvalue weighted by atomic mass is 35.5. The maximum atomic E-state index is 14.4. The van der Waals surface area contributed by atoms with Crippen molar-refractivity contribution in [3.05, 3.63) is 59.1 Å². The minimum atomic E-state index is -1.13. The second kappa shape index (κ2) is 7.32. The quantitative estimate of drug-likeness (QED) is 0.604. The number of nitrogens with one attached hydrogen (secondary N) is 2. The third-order valence-corrected chi connectivity index (χ3v) is 4.37. The molecule has 0 fully saturated rings. The van der Waals surface area contributed by atoms with E-state index in [4.69, 9.17) is 16.3 Å². The summed E-state index contributed by atoms with van der Waals surface area (Å²) in [5.74, 6) is -0.754. The number of halogens is 2. The number of nitrogens with zero attached hydrogens (tertiary/aromatic N) is 2. The van der Waals surface area contributed by atoms with Crippen molar-refractivity contribution in [2.45, 2.75) is 0 Å². The molecule has 3 aromatic rings. The van der Waals surface area contributed by atoms with Crippen LogP contribution < -0.4 is 15.4 Å².